The largest absolute Gasteiger partial charge is 0.343 e. The highest BCUT2D eigenvalue weighted by atomic mass is 32.1. The van der Waals surface area contributed by atoms with Crippen molar-refractivity contribution in [2.24, 2.45) is 0 Å². The van der Waals surface area contributed by atoms with Gasteiger partial charge in [-0.05, 0) is 43.4 Å². The minimum Gasteiger partial charge on any atom is -0.274 e. The maximum atomic E-state index is 13.1. The molecule has 24 heavy (non-hydrogen) atoms. The molecular formula is C18H16N2O3S. The highest BCUT2D eigenvalue weighted by molar-refractivity contribution is 7.19. The van der Waals surface area contributed by atoms with E-state index in [2.05, 4.69) is 0 Å². The van der Waals surface area contributed by atoms with Crippen LogP contribution in [0.15, 0.2) is 39.9 Å². The molecular weight excluding hydrogens is 324 g/mol. The van der Waals surface area contributed by atoms with E-state index in [-0.39, 0.29) is 11.5 Å². The third-order valence-electron chi connectivity index (χ3n) is 4.48. The van der Waals surface area contributed by atoms with Crippen LogP contribution in [0.2, 0.25) is 0 Å². The van der Waals surface area contributed by atoms with Gasteiger partial charge in [0.25, 0.3) is 5.56 Å². The van der Waals surface area contributed by atoms with Gasteiger partial charge in [-0.2, -0.15) is 0 Å². The normalized spacial score (nSPS) is 13.9. The lowest BCUT2D eigenvalue weighted by atomic mass is 9.97. The average molecular weight is 340 g/mol. The number of hydrogen-bond donors (Lipinski definition) is 0. The average Bonchev–Trinajstić information content (AvgIpc) is 2.94. The Balaban J connectivity index is 2.21. The predicted molar refractivity (Wildman–Crippen MR) is 94.6 cm³/mol. The Morgan fingerprint density at radius 2 is 1.79 bits per heavy atom. The molecule has 0 saturated carbocycles. The zero-order valence-corrected chi connectivity index (χ0v) is 14.1. The van der Waals surface area contributed by atoms with Crippen molar-refractivity contribution in [3.8, 4) is 5.69 Å². The molecule has 1 aliphatic carbocycles. The topological polar surface area (TPSA) is 61.1 Å². The van der Waals surface area contributed by atoms with Gasteiger partial charge in [-0.3, -0.25) is 9.59 Å². The number of thiophene rings is 1. The van der Waals surface area contributed by atoms with Crippen LogP contribution in [0.4, 0.5) is 0 Å². The Kier molecular flexibility index (Phi) is 3.49. The quantitative estimate of drug-likeness (QED) is 0.684. The fourth-order valence-corrected chi connectivity index (χ4v) is 4.82. The van der Waals surface area contributed by atoms with Gasteiger partial charge in [0.2, 0.25) is 5.91 Å². The molecule has 0 amide bonds. The first-order chi connectivity index (χ1) is 11.6. The number of aromatic nitrogens is 2. The van der Waals surface area contributed by atoms with Crippen LogP contribution in [0.5, 0.6) is 0 Å². The third kappa shape index (κ3) is 2.10. The third-order valence-corrected chi connectivity index (χ3v) is 5.76. The molecule has 2 heterocycles. The molecule has 0 bridgehead atoms. The summed E-state index contributed by atoms with van der Waals surface area (Å²) in [5.41, 5.74) is 0.592. The number of carbonyl (C=O) groups is 1. The number of rotatable bonds is 1. The molecule has 0 unspecified atom stereocenters. The lowest BCUT2D eigenvalue weighted by Gasteiger charge is -2.12. The van der Waals surface area contributed by atoms with Crippen molar-refractivity contribution in [3.05, 3.63) is 61.6 Å². The van der Waals surface area contributed by atoms with Gasteiger partial charge in [-0.15, -0.1) is 11.3 Å². The summed E-state index contributed by atoms with van der Waals surface area (Å²) in [5.74, 6) is -0.367. The Morgan fingerprint density at radius 3 is 2.50 bits per heavy atom. The standard InChI is InChI=1S/C18H16N2O3S/c1-11(21)19-17-15(13-9-5-6-10-14(13)24-17)16(22)20(18(19)23)12-7-3-2-4-8-12/h2-4,7-8H,5-6,9-10H2,1H3. The molecule has 5 nitrogen and oxygen atoms in total. The second-order valence-corrected chi connectivity index (χ2v) is 7.09. The van der Waals surface area contributed by atoms with Crippen LogP contribution in [-0.2, 0) is 12.8 Å². The Hall–Kier alpha value is -2.47. The molecule has 6 heteroatoms. The highest BCUT2D eigenvalue weighted by Crippen LogP contribution is 2.34. The number of para-hydroxylation sites is 1. The van der Waals surface area contributed by atoms with Gasteiger partial charge in [0.05, 0.1) is 11.1 Å². The smallest absolute Gasteiger partial charge is 0.274 e. The fourth-order valence-electron chi connectivity index (χ4n) is 3.40. The summed E-state index contributed by atoms with van der Waals surface area (Å²) in [6.45, 7) is 1.36. The van der Waals surface area contributed by atoms with Crippen LogP contribution in [0, 0.1) is 0 Å². The van der Waals surface area contributed by atoms with Gasteiger partial charge in [-0.25, -0.2) is 13.9 Å². The van der Waals surface area contributed by atoms with Crippen molar-refractivity contribution >= 4 is 27.5 Å². The molecule has 0 saturated heterocycles. The first-order valence-corrected chi connectivity index (χ1v) is 8.80. The highest BCUT2D eigenvalue weighted by Gasteiger charge is 2.25. The number of benzene rings is 1. The number of fused-ring (bicyclic) bond motifs is 3. The molecule has 4 rings (SSSR count). The van der Waals surface area contributed by atoms with E-state index in [1.165, 1.54) is 18.3 Å². The monoisotopic (exact) mass is 340 g/mol. The maximum absolute atomic E-state index is 13.1. The fraction of sp³-hybridized carbons (Fsp3) is 0.278. The summed E-state index contributed by atoms with van der Waals surface area (Å²) in [4.78, 5) is 39.7. The van der Waals surface area contributed by atoms with E-state index in [9.17, 15) is 14.4 Å². The maximum Gasteiger partial charge on any atom is 0.343 e. The van der Waals surface area contributed by atoms with Crippen LogP contribution >= 0.6 is 11.3 Å². The second-order valence-electron chi connectivity index (χ2n) is 6.00. The minimum absolute atomic E-state index is 0.321. The van der Waals surface area contributed by atoms with Gasteiger partial charge in [0.1, 0.15) is 4.83 Å². The number of aryl methyl sites for hydroxylation is 2. The van der Waals surface area contributed by atoms with Crippen molar-refractivity contribution in [3.63, 3.8) is 0 Å². The van der Waals surface area contributed by atoms with Gasteiger partial charge in [0.15, 0.2) is 0 Å². The molecule has 0 fully saturated rings. The zero-order chi connectivity index (χ0) is 16.8. The summed E-state index contributed by atoms with van der Waals surface area (Å²) in [6, 6.07) is 8.78. The summed E-state index contributed by atoms with van der Waals surface area (Å²) < 4.78 is 2.26. The SMILES string of the molecule is CC(=O)n1c(=O)n(-c2ccccc2)c(=O)c2c3c(sc21)CCCC3. The molecule has 1 aliphatic rings. The Labute approximate surface area is 141 Å². The van der Waals surface area contributed by atoms with Gasteiger partial charge < -0.3 is 0 Å². The molecule has 1 aromatic carbocycles. The van der Waals surface area contributed by atoms with E-state index < -0.39 is 5.69 Å². The van der Waals surface area contributed by atoms with Crippen molar-refractivity contribution in [1.82, 2.24) is 9.13 Å². The van der Waals surface area contributed by atoms with Crippen LogP contribution in [0.1, 0.15) is 35.0 Å². The number of carbonyl (C=O) groups excluding carboxylic acids is 1. The van der Waals surface area contributed by atoms with E-state index in [0.717, 1.165) is 45.3 Å². The van der Waals surface area contributed by atoms with Crippen LogP contribution < -0.4 is 11.2 Å². The number of hydrogen-bond acceptors (Lipinski definition) is 4. The lowest BCUT2D eigenvalue weighted by molar-refractivity contribution is 0.0936. The van der Waals surface area contributed by atoms with Gasteiger partial charge >= 0.3 is 5.69 Å². The van der Waals surface area contributed by atoms with Crippen LogP contribution in [0.3, 0.4) is 0 Å². The van der Waals surface area contributed by atoms with Crippen molar-refractivity contribution in [2.75, 3.05) is 0 Å². The van der Waals surface area contributed by atoms with Crippen molar-refractivity contribution in [1.29, 1.82) is 0 Å². The molecule has 122 valence electrons. The summed E-state index contributed by atoms with van der Waals surface area (Å²) >= 11 is 1.42. The molecule has 0 aliphatic heterocycles. The molecule has 0 radical (unpaired) electrons. The van der Waals surface area contributed by atoms with Crippen molar-refractivity contribution in [2.45, 2.75) is 32.6 Å². The van der Waals surface area contributed by atoms with Crippen LogP contribution in [0.25, 0.3) is 15.9 Å². The summed E-state index contributed by atoms with van der Waals surface area (Å²) in [7, 11) is 0. The zero-order valence-electron chi connectivity index (χ0n) is 13.2. The number of nitrogens with zero attached hydrogens (tertiary/aromatic N) is 2. The van der Waals surface area contributed by atoms with E-state index >= 15 is 0 Å². The van der Waals surface area contributed by atoms with E-state index in [0.29, 0.717) is 15.9 Å². The second kappa shape index (κ2) is 5.56. The van der Waals surface area contributed by atoms with Gasteiger partial charge in [-0.1, -0.05) is 18.2 Å². The Morgan fingerprint density at radius 1 is 1.08 bits per heavy atom. The molecule has 0 N–H and O–H groups in total. The first kappa shape index (κ1) is 15.1. The molecule has 3 aromatic rings. The molecule has 0 spiro atoms. The van der Waals surface area contributed by atoms with E-state index in [4.69, 9.17) is 0 Å². The molecule has 0 atom stereocenters. The van der Waals surface area contributed by atoms with E-state index in [1.807, 2.05) is 6.07 Å². The van der Waals surface area contributed by atoms with Gasteiger partial charge in [0, 0.05) is 11.8 Å². The lowest BCUT2D eigenvalue weighted by Crippen LogP contribution is -2.40. The summed E-state index contributed by atoms with van der Waals surface area (Å²) in [6.07, 6.45) is 3.85. The Bertz CT molecular complexity index is 1070. The predicted octanol–water partition coefficient (Wildman–Crippen LogP) is 2.75. The first-order valence-electron chi connectivity index (χ1n) is 7.98. The van der Waals surface area contributed by atoms with Crippen LogP contribution in [-0.4, -0.2) is 15.0 Å². The van der Waals surface area contributed by atoms with E-state index in [1.54, 1.807) is 24.3 Å². The summed E-state index contributed by atoms with van der Waals surface area (Å²) in [5, 5.41) is 0.536. The van der Waals surface area contributed by atoms with Crippen molar-refractivity contribution < 1.29 is 4.79 Å². The minimum atomic E-state index is -0.593. The molecule has 2 aromatic heterocycles.